The molecule has 3 aromatic carbocycles. The second kappa shape index (κ2) is 12.5. The van der Waals surface area contributed by atoms with Gasteiger partial charge in [0.15, 0.2) is 5.16 Å². The molecule has 9 heteroatoms. The van der Waals surface area contributed by atoms with Gasteiger partial charge in [0.05, 0.1) is 19.9 Å². The highest BCUT2D eigenvalue weighted by molar-refractivity contribution is 7.98. The second-order valence-electron chi connectivity index (χ2n) is 7.94. The average Bonchev–Trinajstić information content (AvgIpc) is 3.32. The number of aryl methyl sites for hydroxylation is 1. The van der Waals surface area contributed by atoms with E-state index in [-0.39, 0.29) is 12.3 Å². The minimum atomic E-state index is -0.0748. The second-order valence-corrected chi connectivity index (χ2v) is 9.32. The summed E-state index contributed by atoms with van der Waals surface area (Å²) in [6.45, 7) is 0.395. The summed E-state index contributed by atoms with van der Waals surface area (Å²) in [5.41, 5.74) is 2.88. The van der Waals surface area contributed by atoms with Crippen molar-refractivity contribution in [1.29, 1.82) is 0 Å². The molecule has 0 unspecified atom stereocenters. The van der Waals surface area contributed by atoms with Crippen molar-refractivity contribution in [3.63, 3.8) is 0 Å². The Kier molecular flexibility index (Phi) is 8.86. The number of hydrogen-bond donors (Lipinski definition) is 1. The maximum absolute atomic E-state index is 12.6. The van der Waals surface area contributed by atoms with Crippen LogP contribution in [0.5, 0.6) is 11.5 Å². The smallest absolute Gasteiger partial charge is 0.220 e. The first kappa shape index (κ1) is 25.6. The Morgan fingerprint density at radius 1 is 1.00 bits per heavy atom. The van der Waals surface area contributed by atoms with Crippen LogP contribution in [0.2, 0.25) is 5.02 Å². The van der Waals surface area contributed by atoms with Crippen LogP contribution in [0, 0.1) is 0 Å². The molecular formula is C27H27ClN4O3S. The number of amides is 1. The number of carbonyl (C=O) groups excluding carboxylic acids is 1. The molecule has 0 bridgehead atoms. The standard InChI is InChI=1S/C27H27ClN4O3S/c1-34-23-11-6-10-22(16-23)32-25(30-31-27(32)36-18-19-7-5-9-21(28)15-19)13-14-26(33)29-17-20-8-3-4-12-24(20)35-2/h3-12,15-16H,13-14,17-18H2,1-2H3,(H,29,33). The molecule has 1 N–H and O–H groups in total. The summed E-state index contributed by atoms with van der Waals surface area (Å²) in [7, 11) is 3.25. The molecule has 4 rings (SSSR count). The van der Waals surface area contributed by atoms with Gasteiger partial charge < -0.3 is 14.8 Å². The highest BCUT2D eigenvalue weighted by Crippen LogP contribution is 2.28. The molecule has 4 aromatic rings. The van der Waals surface area contributed by atoms with Gasteiger partial charge in [0.1, 0.15) is 17.3 Å². The lowest BCUT2D eigenvalue weighted by Gasteiger charge is -2.12. The zero-order chi connectivity index (χ0) is 25.3. The van der Waals surface area contributed by atoms with E-state index in [9.17, 15) is 4.79 Å². The number of rotatable bonds is 11. The number of hydrogen-bond acceptors (Lipinski definition) is 6. The van der Waals surface area contributed by atoms with E-state index in [2.05, 4.69) is 15.5 Å². The molecule has 0 spiro atoms. The molecule has 1 amide bonds. The normalized spacial score (nSPS) is 10.8. The quantitative estimate of drug-likeness (QED) is 0.263. The molecule has 36 heavy (non-hydrogen) atoms. The number of thioether (sulfide) groups is 1. The van der Waals surface area contributed by atoms with Gasteiger partial charge in [-0.2, -0.15) is 0 Å². The highest BCUT2D eigenvalue weighted by atomic mass is 35.5. The molecule has 0 aliphatic carbocycles. The van der Waals surface area contributed by atoms with Gasteiger partial charge in [0.25, 0.3) is 0 Å². The van der Waals surface area contributed by atoms with E-state index in [1.54, 1.807) is 26.0 Å². The lowest BCUT2D eigenvalue weighted by atomic mass is 10.2. The van der Waals surface area contributed by atoms with Crippen LogP contribution >= 0.6 is 23.4 Å². The minimum absolute atomic E-state index is 0.0748. The summed E-state index contributed by atoms with van der Waals surface area (Å²) >= 11 is 7.70. The number of ether oxygens (including phenoxy) is 2. The number of nitrogens with one attached hydrogen (secondary N) is 1. The van der Waals surface area contributed by atoms with Crippen LogP contribution in [0.4, 0.5) is 0 Å². The summed E-state index contributed by atoms with van der Waals surface area (Å²) in [4.78, 5) is 12.6. The molecule has 0 fully saturated rings. The van der Waals surface area contributed by atoms with Gasteiger partial charge in [-0.1, -0.05) is 59.8 Å². The van der Waals surface area contributed by atoms with E-state index in [0.717, 1.165) is 33.5 Å². The van der Waals surface area contributed by atoms with Crippen LogP contribution in [0.25, 0.3) is 5.69 Å². The summed E-state index contributed by atoms with van der Waals surface area (Å²) < 4.78 is 12.8. The largest absolute Gasteiger partial charge is 0.497 e. The van der Waals surface area contributed by atoms with Crippen molar-refractivity contribution < 1.29 is 14.3 Å². The molecular weight excluding hydrogens is 496 g/mol. The Hall–Kier alpha value is -3.49. The average molecular weight is 523 g/mol. The number of carbonyl (C=O) groups is 1. The summed E-state index contributed by atoms with van der Waals surface area (Å²) in [6.07, 6.45) is 0.704. The number of methoxy groups -OCH3 is 2. The van der Waals surface area contributed by atoms with E-state index < -0.39 is 0 Å². The van der Waals surface area contributed by atoms with Crippen LogP contribution in [-0.2, 0) is 23.5 Å². The van der Waals surface area contributed by atoms with E-state index in [1.807, 2.05) is 77.4 Å². The molecule has 0 saturated carbocycles. The van der Waals surface area contributed by atoms with Crippen LogP contribution in [-0.4, -0.2) is 34.9 Å². The molecule has 0 atom stereocenters. The first-order chi connectivity index (χ1) is 17.6. The third kappa shape index (κ3) is 6.59. The van der Waals surface area contributed by atoms with Gasteiger partial charge >= 0.3 is 0 Å². The number of halogens is 1. The molecule has 0 saturated heterocycles. The van der Waals surface area contributed by atoms with E-state index in [0.29, 0.717) is 29.6 Å². The molecule has 0 aliphatic heterocycles. The topological polar surface area (TPSA) is 78.3 Å². The van der Waals surface area contributed by atoms with Gasteiger partial charge in [-0.05, 0) is 35.9 Å². The molecule has 1 aromatic heterocycles. The van der Waals surface area contributed by atoms with Crippen molar-refractivity contribution in [1.82, 2.24) is 20.1 Å². The van der Waals surface area contributed by atoms with Gasteiger partial charge in [-0.25, -0.2) is 0 Å². The van der Waals surface area contributed by atoms with Gasteiger partial charge in [-0.3, -0.25) is 9.36 Å². The Morgan fingerprint density at radius 2 is 1.83 bits per heavy atom. The predicted octanol–water partition coefficient (Wildman–Crippen LogP) is 5.48. The third-order valence-corrected chi connectivity index (χ3v) is 6.75. The number of benzene rings is 3. The van der Waals surface area contributed by atoms with Crippen molar-refractivity contribution in [2.75, 3.05) is 14.2 Å². The maximum Gasteiger partial charge on any atom is 0.220 e. The number of aromatic nitrogens is 3. The van der Waals surface area contributed by atoms with Crippen molar-refractivity contribution in [3.05, 3.63) is 94.8 Å². The van der Waals surface area contributed by atoms with Gasteiger partial charge in [0, 0.05) is 41.8 Å². The lowest BCUT2D eigenvalue weighted by Crippen LogP contribution is -2.23. The fourth-order valence-corrected chi connectivity index (χ4v) is 4.82. The van der Waals surface area contributed by atoms with Crippen LogP contribution in [0.1, 0.15) is 23.4 Å². The van der Waals surface area contributed by atoms with Crippen molar-refractivity contribution >= 4 is 29.3 Å². The van der Waals surface area contributed by atoms with Crippen LogP contribution in [0.15, 0.2) is 78.0 Å². The lowest BCUT2D eigenvalue weighted by molar-refractivity contribution is -0.121. The van der Waals surface area contributed by atoms with Crippen LogP contribution in [0.3, 0.4) is 0 Å². The molecule has 7 nitrogen and oxygen atoms in total. The summed E-state index contributed by atoms with van der Waals surface area (Å²) in [6, 6.07) is 23.1. The Balaban J connectivity index is 1.49. The number of para-hydroxylation sites is 1. The first-order valence-corrected chi connectivity index (χ1v) is 12.8. The zero-order valence-electron chi connectivity index (χ0n) is 20.1. The fraction of sp³-hybridized carbons (Fsp3) is 0.222. The van der Waals surface area contributed by atoms with Crippen LogP contribution < -0.4 is 14.8 Å². The van der Waals surface area contributed by atoms with E-state index >= 15 is 0 Å². The van der Waals surface area contributed by atoms with Gasteiger partial charge in [-0.15, -0.1) is 10.2 Å². The van der Waals surface area contributed by atoms with E-state index in [1.165, 1.54) is 0 Å². The SMILES string of the molecule is COc1cccc(-n2c(CCC(=O)NCc3ccccc3OC)nnc2SCc2cccc(Cl)c2)c1. The minimum Gasteiger partial charge on any atom is -0.497 e. The Bertz CT molecular complexity index is 1330. The summed E-state index contributed by atoms with van der Waals surface area (Å²) in [5, 5.41) is 13.2. The monoisotopic (exact) mass is 522 g/mol. The van der Waals surface area contributed by atoms with Crippen molar-refractivity contribution in [2.24, 2.45) is 0 Å². The zero-order valence-corrected chi connectivity index (χ0v) is 21.7. The molecule has 0 aliphatic rings. The predicted molar refractivity (Wildman–Crippen MR) is 142 cm³/mol. The maximum atomic E-state index is 12.6. The first-order valence-electron chi connectivity index (χ1n) is 11.4. The van der Waals surface area contributed by atoms with Crippen molar-refractivity contribution in [2.45, 2.75) is 30.3 Å². The summed E-state index contributed by atoms with van der Waals surface area (Å²) in [5.74, 6) is 2.78. The molecule has 1 heterocycles. The Labute approximate surface area is 219 Å². The van der Waals surface area contributed by atoms with E-state index in [4.69, 9.17) is 21.1 Å². The Morgan fingerprint density at radius 3 is 2.64 bits per heavy atom. The van der Waals surface area contributed by atoms with Gasteiger partial charge in [0.2, 0.25) is 5.91 Å². The molecule has 186 valence electrons. The third-order valence-electron chi connectivity index (χ3n) is 5.51. The fourth-order valence-electron chi connectivity index (χ4n) is 3.70. The molecule has 0 radical (unpaired) electrons. The highest BCUT2D eigenvalue weighted by Gasteiger charge is 2.17. The number of nitrogens with zero attached hydrogens (tertiary/aromatic N) is 3. The van der Waals surface area contributed by atoms with Crippen molar-refractivity contribution in [3.8, 4) is 17.2 Å².